The minimum Gasteiger partial charge on any atom is -0.349 e. The first-order valence-electron chi connectivity index (χ1n) is 6.02. The second-order valence-electron chi connectivity index (χ2n) is 4.86. The van der Waals surface area contributed by atoms with Crippen molar-refractivity contribution in [1.82, 2.24) is 10.3 Å². The maximum atomic E-state index is 5.61. The van der Waals surface area contributed by atoms with Crippen molar-refractivity contribution in [1.29, 1.82) is 0 Å². The fourth-order valence-electron chi connectivity index (χ4n) is 1.86. The van der Waals surface area contributed by atoms with Crippen molar-refractivity contribution in [3.05, 3.63) is 30.1 Å². The average Bonchev–Trinajstić information content (AvgIpc) is 2.33. The molecule has 0 amide bonds. The van der Waals surface area contributed by atoms with Crippen molar-refractivity contribution in [2.24, 2.45) is 0 Å². The molecule has 0 radical (unpaired) electrons. The SMILES string of the molecule is C[C@@H](NC1COC(C)(C)OC1)c1ccccn1. The van der Waals surface area contributed by atoms with Crippen molar-refractivity contribution >= 4 is 0 Å². The van der Waals surface area contributed by atoms with E-state index in [2.05, 4.69) is 17.2 Å². The van der Waals surface area contributed by atoms with Gasteiger partial charge in [-0.1, -0.05) is 6.07 Å². The summed E-state index contributed by atoms with van der Waals surface area (Å²) >= 11 is 0. The van der Waals surface area contributed by atoms with Gasteiger partial charge >= 0.3 is 0 Å². The molecule has 0 bridgehead atoms. The van der Waals surface area contributed by atoms with Gasteiger partial charge in [0.05, 0.1) is 24.9 Å². The highest BCUT2D eigenvalue weighted by Crippen LogP contribution is 2.18. The molecule has 1 aliphatic heterocycles. The van der Waals surface area contributed by atoms with Crippen LogP contribution < -0.4 is 5.32 Å². The maximum Gasteiger partial charge on any atom is 0.162 e. The molecule has 4 heteroatoms. The Morgan fingerprint density at radius 1 is 1.35 bits per heavy atom. The zero-order chi connectivity index (χ0) is 12.3. The topological polar surface area (TPSA) is 43.4 Å². The Morgan fingerprint density at radius 2 is 2.06 bits per heavy atom. The second kappa shape index (κ2) is 5.12. The molecule has 1 aromatic rings. The molecule has 1 aliphatic rings. The van der Waals surface area contributed by atoms with E-state index in [-0.39, 0.29) is 12.1 Å². The van der Waals surface area contributed by atoms with Gasteiger partial charge in [0, 0.05) is 12.2 Å². The first-order chi connectivity index (χ1) is 8.07. The van der Waals surface area contributed by atoms with Crippen LogP contribution in [0.5, 0.6) is 0 Å². The van der Waals surface area contributed by atoms with Crippen molar-refractivity contribution in [2.75, 3.05) is 13.2 Å². The summed E-state index contributed by atoms with van der Waals surface area (Å²) in [6, 6.07) is 6.37. The van der Waals surface area contributed by atoms with E-state index in [0.29, 0.717) is 13.2 Å². The van der Waals surface area contributed by atoms with Gasteiger partial charge in [-0.05, 0) is 32.9 Å². The molecule has 94 valence electrons. The van der Waals surface area contributed by atoms with E-state index in [1.54, 1.807) is 0 Å². The van der Waals surface area contributed by atoms with E-state index < -0.39 is 5.79 Å². The number of pyridine rings is 1. The van der Waals surface area contributed by atoms with Crippen molar-refractivity contribution in [3.8, 4) is 0 Å². The van der Waals surface area contributed by atoms with Crippen LogP contribution in [0.25, 0.3) is 0 Å². The zero-order valence-electron chi connectivity index (χ0n) is 10.6. The highest BCUT2D eigenvalue weighted by molar-refractivity contribution is 5.07. The molecule has 1 saturated heterocycles. The molecule has 1 N–H and O–H groups in total. The standard InChI is InChI=1S/C13H20N2O2/c1-10(12-6-4-5-7-14-12)15-11-8-16-13(2,3)17-9-11/h4-7,10-11,15H,8-9H2,1-3H3/t10-/m1/s1. The molecule has 2 rings (SSSR count). The third-order valence-corrected chi connectivity index (χ3v) is 2.88. The Morgan fingerprint density at radius 3 is 2.65 bits per heavy atom. The molecule has 1 fully saturated rings. The lowest BCUT2D eigenvalue weighted by Crippen LogP contribution is -2.49. The lowest BCUT2D eigenvalue weighted by atomic mass is 10.1. The molecule has 17 heavy (non-hydrogen) atoms. The Hall–Kier alpha value is -0.970. The van der Waals surface area contributed by atoms with Gasteiger partial charge in [0.15, 0.2) is 5.79 Å². The molecule has 0 spiro atoms. The van der Waals surface area contributed by atoms with Crippen LogP contribution >= 0.6 is 0 Å². The highest BCUT2D eigenvalue weighted by Gasteiger charge is 2.28. The Balaban J connectivity index is 1.86. The average molecular weight is 236 g/mol. The number of hydrogen-bond donors (Lipinski definition) is 1. The first kappa shape index (κ1) is 12.5. The number of nitrogens with one attached hydrogen (secondary N) is 1. The van der Waals surface area contributed by atoms with Gasteiger partial charge in [-0.2, -0.15) is 0 Å². The van der Waals surface area contributed by atoms with Crippen LogP contribution in [0.15, 0.2) is 24.4 Å². The Kier molecular flexibility index (Phi) is 3.76. The van der Waals surface area contributed by atoms with Crippen LogP contribution in [0, 0.1) is 0 Å². The number of ether oxygens (including phenoxy) is 2. The van der Waals surface area contributed by atoms with Gasteiger partial charge in [0.1, 0.15) is 0 Å². The number of rotatable bonds is 3. The Labute approximate surface area is 102 Å². The monoisotopic (exact) mass is 236 g/mol. The van der Waals surface area contributed by atoms with Crippen LogP contribution in [-0.4, -0.2) is 30.0 Å². The summed E-state index contributed by atoms with van der Waals surface area (Å²) in [6.07, 6.45) is 1.81. The summed E-state index contributed by atoms with van der Waals surface area (Å²) in [4.78, 5) is 4.33. The maximum absolute atomic E-state index is 5.61. The van der Waals surface area contributed by atoms with Crippen molar-refractivity contribution in [3.63, 3.8) is 0 Å². The zero-order valence-corrected chi connectivity index (χ0v) is 10.6. The fraction of sp³-hybridized carbons (Fsp3) is 0.615. The fourth-order valence-corrected chi connectivity index (χ4v) is 1.86. The summed E-state index contributed by atoms with van der Waals surface area (Å²) < 4.78 is 11.2. The summed E-state index contributed by atoms with van der Waals surface area (Å²) in [7, 11) is 0. The molecule has 4 nitrogen and oxygen atoms in total. The normalized spacial score (nSPS) is 22.3. The van der Waals surface area contributed by atoms with Crippen LogP contribution in [0.2, 0.25) is 0 Å². The molecule has 1 atom stereocenters. The van der Waals surface area contributed by atoms with Gasteiger partial charge in [0.25, 0.3) is 0 Å². The van der Waals surface area contributed by atoms with E-state index in [4.69, 9.17) is 9.47 Å². The van der Waals surface area contributed by atoms with Gasteiger partial charge in [-0.15, -0.1) is 0 Å². The molecular formula is C13H20N2O2. The molecule has 0 aromatic carbocycles. The highest BCUT2D eigenvalue weighted by atomic mass is 16.7. The first-order valence-corrected chi connectivity index (χ1v) is 6.02. The third-order valence-electron chi connectivity index (χ3n) is 2.88. The number of nitrogens with zero attached hydrogens (tertiary/aromatic N) is 1. The third kappa shape index (κ3) is 3.49. The van der Waals surface area contributed by atoms with Crippen molar-refractivity contribution in [2.45, 2.75) is 38.6 Å². The van der Waals surface area contributed by atoms with Crippen LogP contribution in [-0.2, 0) is 9.47 Å². The minimum absolute atomic E-state index is 0.203. The van der Waals surface area contributed by atoms with E-state index >= 15 is 0 Å². The number of hydrogen-bond acceptors (Lipinski definition) is 4. The quantitative estimate of drug-likeness (QED) is 0.870. The van der Waals surface area contributed by atoms with Gasteiger partial charge in [-0.25, -0.2) is 0 Å². The summed E-state index contributed by atoms with van der Waals surface area (Å²) in [5, 5.41) is 3.46. The van der Waals surface area contributed by atoms with E-state index in [1.807, 2.05) is 38.2 Å². The van der Waals surface area contributed by atoms with Crippen LogP contribution in [0.4, 0.5) is 0 Å². The van der Waals surface area contributed by atoms with Crippen LogP contribution in [0.1, 0.15) is 32.5 Å². The van der Waals surface area contributed by atoms with Gasteiger partial charge < -0.3 is 14.8 Å². The predicted molar refractivity (Wildman–Crippen MR) is 65.6 cm³/mol. The smallest absolute Gasteiger partial charge is 0.162 e. The summed E-state index contributed by atoms with van der Waals surface area (Å²) in [5.74, 6) is -0.452. The Bertz CT molecular complexity index is 344. The lowest BCUT2D eigenvalue weighted by molar-refractivity contribution is -0.253. The van der Waals surface area contributed by atoms with E-state index in [1.165, 1.54) is 0 Å². The van der Waals surface area contributed by atoms with E-state index in [9.17, 15) is 0 Å². The van der Waals surface area contributed by atoms with Crippen LogP contribution in [0.3, 0.4) is 0 Å². The lowest BCUT2D eigenvalue weighted by Gasteiger charge is -2.36. The summed E-state index contributed by atoms with van der Waals surface area (Å²) in [6.45, 7) is 7.31. The van der Waals surface area contributed by atoms with E-state index in [0.717, 1.165) is 5.69 Å². The van der Waals surface area contributed by atoms with Crippen molar-refractivity contribution < 1.29 is 9.47 Å². The molecule has 2 heterocycles. The summed E-state index contributed by atoms with van der Waals surface area (Å²) in [5.41, 5.74) is 1.04. The molecule has 0 unspecified atom stereocenters. The minimum atomic E-state index is -0.452. The molecular weight excluding hydrogens is 216 g/mol. The molecule has 0 aliphatic carbocycles. The largest absolute Gasteiger partial charge is 0.349 e. The molecule has 0 saturated carbocycles. The second-order valence-corrected chi connectivity index (χ2v) is 4.86. The predicted octanol–water partition coefficient (Wildman–Crippen LogP) is 1.88. The molecule has 1 aromatic heterocycles. The van der Waals surface area contributed by atoms with Gasteiger partial charge in [-0.3, -0.25) is 4.98 Å². The number of aromatic nitrogens is 1. The van der Waals surface area contributed by atoms with Gasteiger partial charge in [0.2, 0.25) is 0 Å².